The number of rotatable bonds is 4. The van der Waals surface area contributed by atoms with Crippen molar-refractivity contribution >= 4 is 27.3 Å². The molecular weight excluding hydrogens is 288 g/mol. The first kappa shape index (κ1) is 13.9. The Morgan fingerprint density at radius 2 is 2.12 bits per heavy atom. The second-order valence-corrected chi connectivity index (χ2v) is 5.28. The molecule has 0 radical (unpaired) electrons. The van der Waals surface area contributed by atoms with E-state index < -0.39 is 10.5 Å². The zero-order valence-electron chi connectivity index (χ0n) is 9.98. The Bertz CT molecular complexity index is 435. The number of hydrogen-bond acceptors (Lipinski definition) is 4. The minimum Gasteiger partial charge on any atom is -0.394 e. The minimum absolute atomic E-state index is 0.00702. The lowest BCUT2D eigenvalue weighted by Crippen LogP contribution is -2.44. The van der Waals surface area contributed by atoms with Crippen molar-refractivity contribution in [3.63, 3.8) is 0 Å². The van der Waals surface area contributed by atoms with Crippen molar-refractivity contribution in [2.75, 3.05) is 18.6 Å². The van der Waals surface area contributed by atoms with Crippen molar-refractivity contribution in [3.8, 4) is 0 Å². The van der Waals surface area contributed by atoms with E-state index in [1.54, 1.807) is 6.07 Å². The first-order valence-corrected chi connectivity index (χ1v) is 5.87. The number of aliphatic hydroxyl groups is 1. The van der Waals surface area contributed by atoms with Gasteiger partial charge in [-0.25, -0.2) is 0 Å². The summed E-state index contributed by atoms with van der Waals surface area (Å²) < 4.78 is 0.635. The molecule has 6 heteroatoms. The number of halogens is 1. The average molecular weight is 303 g/mol. The van der Waals surface area contributed by atoms with Gasteiger partial charge in [-0.2, -0.15) is 0 Å². The zero-order chi connectivity index (χ0) is 13.2. The molecule has 0 fully saturated rings. The molecule has 5 nitrogen and oxygen atoms in total. The molecule has 0 aliphatic carbocycles. The minimum atomic E-state index is -0.439. The predicted molar refractivity (Wildman–Crippen MR) is 70.4 cm³/mol. The van der Waals surface area contributed by atoms with Crippen LogP contribution in [-0.4, -0.2) is 29.2 Å². The van der Waals surface area contributed by atoms with Crippen molar-refractivity contribution in [2.45, 2.75) is 19.4 Å². The van der Waals surface area contributed by atoms with Crippen LogP contribution in [0.15, 0.2) is 22.7 Å². The van der Waals surface area contributed by atoms with Gasteiger partial charge in [-0.1, -0.05) is 0 Å². The van der Waals surface area contributed by atoms with E-state index in [-0.39, 0.29) is 12.3 Å². The lowest BCUT2D eigenvalue weighted by molar-refractivity contribution is -0.384. The highest BCUT2D eigenvalue weighted by Crippen LogP contribution is 2.32. The van der Waals surface area contributed by atoms with E-state index in [0.717, 1.165) is 5.69 Å². The van der Waals surface area contributed by atoms with Crippen LogP contribution < -0.4 is 4.90 Å². The van der Waals surface area contributed by atoms with E-state index in [2.05, 4.69) is 15.9 Å². The van der Waals surface area contributed by atoms with Gasteiger partial charge in [-0.15, -0.1) is 0 Å². The number of hydrogen-bond donors (Lipinski definition) is 1. The molecule has 94 valence electrons. The van der Waals surface area contributed by atoms with Crippen LogP contribution in [0.1, 0.15) is 13.8 Å². The molecule has 0 aliphatic heterocycles. The third-order valence-corrected chi connectivity index (χ3v) is 3.43. The fraction of sp³-hybridized carbons (Fsp3) is 0.455. The number of likely N-dealkylation sites (N-methyl/N-ethyl adjacent to an activating group) is 1. The standard InChI is InChI=1S/C11H15BrN2O3/c1-11(2,7-15)13(3)10-5-4-8(14(16)17)6-9(10)12/h4-6,15H,7H2,1-3H3. The molecule has 1 rings (SSSR count). The number of non-ortho nitro benzene ring substituents is 1. The second kappa shape index (κ2) is 5.01. The van der Waals surface area contributed by atoms with Crippen LogP contribution in [0, 0.1) is 10.1 Å². The van der Waals surface area contributed by atoms with E-state index in [4.69, 9.17) is 0 Å². The van der Waals surface area contributed by atoms with Gasteiger partial charge in [0.15, 0.2) is 0 Å². The Kier molecular flexibility index (Phi) is 4.11. The van der Waals surface area contributed by atoms with E-state index in [1.807, 2.05) is 25.8 Å². The Balaban J connectivity index is 3.12. The SMILES string of the molecule is CN(c1ccc([N+](=O)[O-])cc1Br)C(C)(C)CO. The molecule has 0 bridgehead atoms. The Labute approximate surface area is 108 Å². The summed E-state index contributed by atoms with van der Waals surface area (Å²) in [6, 6.07) is 4.57. The quantitative estimate of drug-likeness (QED) is 0.686. The summed E-state index contributed by atoms with van der Waals surface area (Å²) in [6.45, 7) is 3.77. The average Bonchev–Trinajstić information content (AvgIpc) is 2.27. The van der Waals surface area contributed by atoms with Crippen LogP contribution in [0.25, 0.3) is 0 Å². The summed E-state index contributed by atoms with van der Waals surface area (Å²) >= 11 is 3.31. The maximum Gasteiger partial charge on any atom is 0.270 e. The lowest BCUT2D eigenvalue weighted by Gasteiger charge is -2.36. The summed E-state index contributed by atoms with van der Waals surface area (Å²) in [7, 11) is 1.84. The van der Waals surface area contributed by atoms with Gasteiger partial charge in [0.2, 0.25) is 0 Å². The number of nitro benzene ring substituents is 1. The second-order valence-electron chi connectivity index (χ2n) is 4.42. The predicted octanol–water partition coefficient (Wildman–Crippen LogP) is 2.56. The van der Waals surface area contributed by atoms with E-state index >= 15 is 0 Å². The first-order valence-electron chi connectivity index (χ1n) is 5.08. The molecule has 0 aromatic heterocycles. The molecule has 0 atom stereocenters. The van der Waals surface area contributed by atoms with Gasteiger partial charge >= 0.3 is 0 Å². The topological polar surface area (TPSA) is 66.6 Å². The molecule has 0 amide bonds. The van der Waals surface area contributed by atoms with Crippen molar-refractivity contribution in [1.82, 2.24) is 0 Å². The largest absolute Gasteiger partial charge is 0.394 e. The Hall–Kier alpha value is -1.14. The van der Waals surface area contributed by atoms with Crippen LogP contribution in [0.2, 0.25) is 0 Å². The molecule has 0 saturated carbocycles. The number of anilines is 1. The Morgan fingerprint density at radius 3 is 2.53 bits per heavy atom. The fourth-order valence-corrected chi connectivity index (χ4v) is 1.95. The van der Waals surface area contributed by atoms with Gasteiger partial charge in [0.1, 0.15) is 0 Å². The van der Waals surface area contributed by atoms with Crippen molar-refractivity contribution in [2.24, 2.45) is 0 Å². The smallest absolute Gasteiger partial charge is 0.270 e. The maximum atomic E-state index is 10.6. The summed E-state index contributed by atoms with van der Waals surface area (Å²) in [6.07, 6.45) is 0. The summed E-state index contributed by atoms with van der Waals surface area (Å²) in [5.74, 6) is 0. The molecule has 0 unspecified atom stereocenters. The van der Waals surface area contributed by atoms with Gasteiger partial charge in [0.25, 0.3) is 5.69 Å². The van der Waals surface area contributed by atoms with Crippen LogP contribution in [-0.2, 0) is 0 Å². The van der Waals surface area contributed by atoms with Gasteiger partial charge in [0.05, 0.1) is 22.8 Å². The normalized spacial score (nSPS) is 11.4. The van der Waals surface area contributed by atoms with E-state index in [9.17, 15) is 15.2 Å². The summed E-state index contributed by atoms with van der Waals surface area (Å²) in [4.78, 5) is 12.1. The highest BCUT2D eigenvalue weighted by Gasteiger charge is 2.24. The van der Waals surface area contributed by atoms with Gasteiger partial charge in [-0.05, 0) is 35.8 Å². The molecule has 0 heterocycles. The summed E-state index contributed by atoms with van der Waals surface area (Å²) in [5, 5.41) is 19.9. The van der Waals surface area contributed by atoms with Crippen molar-refractivity contribution in [1.29, 1.82) is 0 Å². The number of nitrogens with zero attached hydrogens (tertiary/aromatic N) is 2. The highest BCUT2D eigenvalue weighted by molar-refractivity contribution is 9.10. The molecule has 17 heavy (non-hydrogen) atoms. The zero-order valence-corrected chi connectivity index (χ0v) is 11.6. The van der Waals surface area contributed by atoms with Crippen LogP contribution in [0.3, 0.4) is 0 Å². The van der Waals surface area contributed by atoms with Crippen LogP contribution in [0.4, 0.5) is 11.4 Å². The Morgan fingerprint density at radius 1 is 1.53 bits per heavy atom. The summed E-state index contributed by atoms with van der Waals surface area (Å²) in [5.41, 5.74) is 0.407. The first-order chi connectivity index (χ1) is 7.79. The molecule has 0 aliphatic rings. The molecule has 1 N–H and O–H groups in total. The van der Waals surface area contributed by atoms with E-state index in [0.29, 0.717) is 4.47 Å². The molecule has 0 spiro atoms. The molecule has 1 aromatic rings. The number of nitro groups is 1. The van der Waals surface area contributed by atoms with Gasteiger partial charge in [0, 0.05) is 23.7 Å². The third kappa shape index (κ3) is 2.95. The fourth-order valence-electron chi connectivity index (χ4n) is 1.31. The van der Waals surface area contributed by atoms with Crippen LogP contribution in [0.5, 0.6) is 0 Å². The van der Waals surface area contributed by atoms with Crippen LogP contribution >= 0.6 is 15.9 Å². The van der Waals surface area contributed by atoms with Gasteiger partial charge in [-0.3, -0.25) is 10.1 Å². The number of benzene rings is 1. The maximum absolute atomic E-state index is 10.6. The lowest BCUT2D eigenvalue weighted by atomic mass is 10.0. The highest BCUT2D eigenvalue weighted by atomic mass is 79.9. The van der Waals surface area contributed by atoms with Gasteiger partial charge < -0.3 is 10.0 Å². The van der Waals surface area contributed by atoms with E-state index in [1.165, 1.54) is 12.1 Å². The number of aliphatic hydroxyl groups excluding tert-OH is 1. The molecular formula is C11H15BrN2O3. The van der Waals surface area contributed by atoms with Crippen molar-refractivity contribution < 1.29 is 10.0 Å². The molecule has 0 saturated heterocycles. The molecule has 1 aromatic carbocycles. The van der Waals surface area contributed by atoms with Crippen molar-refractivity contribution in [3.05, 3.63) is 32.8 Å². The monoisotopic (exact) mass is 302 g/mol. The third-order valence-electron chi connectivity index (χ3n) is 2.80.